The van der Waals surface area contributed by atoms with Gasteiger partial charge in [0, 0.05) is 0 Å². The van der Waals surface area contributed by atoms with E-state index in [4.69, 9.17) is 15.2 Å². The molecule has 1 unspecified atom stereocenters. The second kappa shape index (κ2) is 7.37. The van der Waals surface area contributed by atoms with Crippen LogP contribution in [-0.2, 0) is 14.3 Å². The highest BCUT2D eigenvalue weighted by Gasteiger charge is 2.21. The van der Waals surface area contributed by atoms with E-state index >= 15 is 0 Å². The van der Waals surface area contributed by atoms with Crippen LogP contribution >= 0.6 is 0 Å². The highest BCUT2D eigenvalue weighted by Crippen LogP contribution is 2.25. The maximum absolute atomic E-state index is 11.7. The zero-order valence-electron chi connectivity index (χ0n) is 11.8. The highest BCUT2D eigenvalue weighted by atomic mass is 16.6. The molecule has 0 radical (unpaired) electrons. The quantitative estimate of drug-likeness (QED) is 0.631. The summed E-state index contributed by atoms with van der Waals surface area (Å²) in [4.78, 5) is 23.1. The van der Waals surface area contributed by atoms with E-state index in [2.05, 4.69) is 4.74 Å². The Balaban J connectivity index is 2.94. The van der Waals surface area contributed by atoms with Gasteiger partial charge in [-0.1, -0.05) is 6.92 Å². The average molecular weight is 281 g/mol. The van der Waals surface area contributed by atoms with Gasteiger partial charge in [-0.05, 0) is 31.5 Å². The Bertz CT molecular complexity index is 486. The Labute approximate surface area is 117 Å². The van der Waals surface area contributed by atoms with E-state index in [1.54, 1.807) is 13.8 Å². The Hall–Kier alpha value is -2.24. The van der Waals surface area contributed by atoms with Crippen LogP contribution in [0.3, 0.4) is 0 Å². The molecule has 0 aromatic heterocycles. The number of nitrogens with two attached hydrogens (primary N) is 1. The van der Waals surface area contributed by atoms with Crippen LogP contribution in [0.5, 0.6) is 5.75 Å². The van der Waals surface area contributed by atoms with Crippen LogP contribution < -0.4 is 10.5 Å². The van der Waals surface area contributed by atoms with Crippen LogP contribution in [0.25, 0.3) is 0 Å². The minimum atomic E-state index is -0.759. The summed E-state index contributed by atoms with van der Waals surface area (Å²) in [6, 6.07) is 4.50. The first kappa shape index (κ1) is 15.8. The van der Waals surface area contributed by atoms with E-state index in [0.29, 0.717) is 17.7 Å². The van der Waals surface area contributed by atoms with Crippen molar-refractivity contribution in [3.63, 3.8) is 0 Å². The normalized spacial score (nSPS) is 11.6. The predicted octanol–water partition coefficient (Wildman–Crippen LogP) is 1.78. The number of nitrogen functional groups attached to an aromatic ring is 1. The maximum Gasteiger partial charge on any atom is 0.347 e. The standard InChI is InChI=1S/C14H19NO5/c1-4-11(14(17)19-5-2)20-12-8-9(13(16)18-3)6-7-10(12)15/h6-8,11H,4-5,15H2,1-3H3. The molecule has 2 N–H and O–H groups in total. The number of hydrogen-bond acceptors (Lipinski definition) is 6. The van der Waals surface area contributed by atoms with Crippen molar-refractivity contribution in [1.82, 2.24) is 0 Å². The maximum atomic E-state index is 11.7. The molecule has 0 aliphatic carbocycles. The summed E-state index contributed by atoms with van der Waals surface area (Å²) in [7, 11) is 1.28. The van der Waals surface area contributed by atoms with Crippen molar-refractivity contribution in [2.45, 2.75) is 26.4 Å². The van der Waals surface area contributed by atoms with Crippen LogP contribution in [0.15, 0.2) is 18.2 Å². The fourth-order valence-corrected chi connectivity index (χ4v) is 1.57. The van der Waals surface area contributed by atoms with Gasteiger partial charge in [0.05, 0.1) is 25.0 Å². The number of hydrogen-bond donors (Lipinski definition) is 1. The lowest BCUT2D eigenvalue weighted by molar-refractivity contribution is -0.151. The molecule has 20 heavy (non-hydrogen) atoms. The zero-order valence-corrected chi connectivity index (χ0v) is 11.8. The summed E-state index contributed by atoms with van der Waals surface area (Å²) in [5.41, 5.74) is 6.41. The predicted molar refractivity (Wildman–Crippen MR) is 73.5 cm³/mol. The smallest absolute Gasteiger partial charge is 0.347 e. The molecule has 6 nitrogen and oxygen atoms in total. The van der Waals surface area contributed by atoms with Crippen LogP contribution in [0, 0.1) is 0 Å². The van der Waals surface area contributed by atoms with Gasteiger partial charge in [-0.3, -0.25) is 0 Å². The number of carbonyl (C=O) groups excluding carboxylic acids is 2. The third kappa shape index (κ3) is 3.88. The van der Waals surface area contributed by atoms with E-state index in [9.17, 15) is 9.59 Å². The fraction of sp³-hybridized carbons (Fsp3) is 0.429. The highest BCUT2D eigenvalue weighted by molar-refractivity contribution is 5.90. The lowest BCUT2D eigenvalue weighted by Gasteiger charge is -2.17. The van der Waals surface area contributed by atoms with E-state index < -0.39 is 18.0 Å². The summed E-state index contributed by atoms with van der Waals surface area (Å²) < 4.78 is 15.1. The molecule has 110 valence electrons. The topological polar surface area (TPSA) is 87.8 Å². The molecular formula is C14H19NO5. The number of benzene rings is 1. The van der Waals surface area contributed by atoms with Crippen LogP contribution in [0.2, 0.25) is 0 Å². The molecule has 0 spiro atoms. The number of anilines is 1. The molecule has 0 fully saturated rings. The number of rotatable bonds is 6. The molecule has 0 aliphatic heterocycles. The van der Waals surface area contributed by atoms with Crippen molar-refractivity contribution in [2.75, 3.05) is 19.5 Å². The summed E-state index contributed by atoms with van der Waals surface area (Å²) in [6.07, 6.45) is -0.328. The molecule has 1 aromatic rings. The molecule has 0 amide bonds. The van der Waals surface area contributed by atoms with E-state index in [0.717, 1.165) is 0 Å². The van der Waals surface area contributed by atoms with Gasteiger partial charge in [-0.15, -0.1) is 0 Å². The van der Waals surface area contributed by atoms with Gasteiger partial charge in [0.2, 0.25) is 0 Å². The number of ether oxygens (including phenoxy) is 3. The van der Waals surface area contributed by atoms with Crippen LogP contribution in [-0.4, -0.2) is 31.8 Å². The molecular weight excluding hydrogens is 262 g/mol. The second-order valence-electron chi connectivity index (χ2n) is 4.01. The van der Waals surface area contributed by atoms with Crippen molar-refractivity contribution >= 4 is 17.6 Å². The van der Waals surface area contributed by atoms with Gasteiger partial charge < -0.3 is 19.9 Å². The molecule has 6 heteroatoms. The molecule has 0 saturated carbocycles. The van der Waals surface area contributed by atoms with E-state index in [1.165, 1.54) is 25.3 Å². The molecule has 1 rings (SSSR count). The van der Waals surface area contributed by atoms with Gasteiger partial charge in [-0.2, -0.15) is 0 Å². The first-order chi connectivity index (χ1) is 9.53. The molecule has 1 aromatic carbocycles. The first-order valence-electron chi connectivity index (χ1n) is 6.34. The Kier molecular flexibility index (Phi) is 5.83. The molecule has 0 saturated heterocycles. The van der Waals surface area contributed by atoms with Gasteiger partial charge in [-0.25, -0.2) is 9.59 Å². The molecule has 0 aliphatic rings. The summed E-state index contributed by atoms with van der Waals surface area (Å²) >= 11 is 0. The third-order valence-electron chi connectivity index (χ3n) is 2.62. The number of methoxy groups -OCH3 is 1. The first-order valence-corrected chi connectivity index (χ1v) is 6.34. The molecule has 0 heterocycles. The van der Waals surface area contributed by atoms with Crippen molar-refractivity contribution in [3.8, 4) is 5.75 Å². The van der Waals surface area contributed by atoms with Gasteiger partial charge >= 0.3 is 11.9 Å². The van der Waals surface area contributed by atoms with Gasteiger partial charge in [0.1, 0.15) is 5.75 Å². The fourth-order valence-electron chi connectivity index (χ4n) is 1.57. The molecule has 1 atom stereocenters. The monoisotopic (exact) mass is 281 g/mol. The summed E-state index contributed by atoms with van der Waals surface area (Å²) in [6.45, 7) is 3.79. The lowest BCUT2D eigenvalue weighted by atomic mass is 10.2. The van der Waals surface area contributed by atoms with Crippen molar-refractivity contribution in [3.05, 3.63) is 23.8 Å². The van der Waals surface area contributed by atoms with Crippen molar-refractivity contribution < 1.29 is 23.8 Å². The van der Waals surface area contributed by atoms with Gasteiger partial charge in [0.15, 0.2) is 6.10 Å². The Morgan fingerprint density at radius 2 is 2.00 bits per heavy atom. The number of esters is 2. The number of carbonyl (C=O) groups is 2. The minimum absolute atomic E-state index is 0.257. The van der Waals surface area contributed by atoms with Crippen LogP contribution in [0.4, 0.5) is 5.69 Å². The van der Waals surface area contributed by atoms with E-state index in [-0.39, 0.29) is 12.4 Å². The molecule has 0 bridgehead atoms. The summed E-state index contributed by atoms with van der Waals surface area (Å²) in [5, 5.41) is 0. The summed E-state index contributed by atoms with van der Waals surface area (Å²) in [5.74, 6) is -0.704. The minimum Gasteiger partial charge on any atom is -0.477 e. The average Bonchev–Trinajstić information content (AvgIpc) is 2.45. The Morgan fingerprint density at radius 3 is 2.55 bits per heavy atom. The van der Waals surface area contributed by atoms with Crippen molar-refractivity contribution in [1.29, 1.82) is 0 Å². The third-order valence-corrected chi connectivity index (χ3v) is 2.62. The lowest BCUT2D eigenvalue weighted by Crippen LogP contribution is -2.29. The zero-order chi connectivity index (χ0) is 15.1. The Morgan fingerprint density at radius 1 is 1.30 bits per heavy atom. The SMILES string of the molecule is CCOC(=O)C(CC)Oc1cc(C(=O)OC)ccc1N. The van der Waals surface area contributed by atoms with E-state index in [1.807, 2.05) is 0 Å². The van der Waals surface area contributed by atoms with Crippen LogP contribution in [0.1, 0.15) is 30.6 Å². The van der Waals surface area contributed by atoms with Crippen molar-refractivity contribution in [2.24, 2.45) is 0 Å². The largest absolute Gasteiger partial charge is 0.477 e. The second-order valence-corrected chi connectivity index (χ2v) is 4.01. The van der Waals surface area contributed by atoms with Gasteiger partial charge in [0.25, 0.3) is 0 Å².